The number of anilines is 2. The highest BCUT2D eigenvalue weighted by molar-refractivity contribution is 6.10. The van der Waals surface area contributed by atoms with Gasteiger partial charge in [0.1, 0.15) is 11.6 Å². The van der Waals surface area contributed by atoms with Crippen molar-refractivity contribution in [2.75, 3.05) is 31.6 Å². The summed E-state index contributed by atoms with van der Waals surface area (Å²) in [7, 11) is 0. The number of halogens is 1. The molecule has 1 aliphatic heterocycles. The monoisotopic (exact) mass is 461 g/mol. The van der Waals surface area contributed by atoms with Gasteiger partial charge in [-0.1, -0.05) is 6.07 Å². The molecule has 9 heteroatoms. The zero-order chi connectivity index (χ0) is 23.7. The Morgan fingerprint density at radius 1 is 1.21 bits per heavy atom. The third-order valence-electron chi connectivity index (χ3n) is 5.92. The Kier molecular flexibility index (Phi) is 5.95. The summed E-state index contributed by atoms with van der Waals surface area (Å²) in [6.07, 6.45) is 1.47. The summed E-state index contributed by atoms with van der Waals surface area (Å²) >= 11 is 0. The molecule has 8 nitrogen and oxygen atoms in total. The zero-order valence-electron chi connectivity index (χ0n) is 18.6. The van der Waals surface area contributed by atoms with E-state index in [1.807, 2.05) is 13.0 Å². The number of amides is 1. The summed E-state index contributed by atoms with van der Waals surface area (Å²) in [6, 6.07) is 11.2. The fourth-order valence-corrected chi connectivity index (χ4v) is 4.11. The van der Waals surface area contributed by atoms with Gasteiger partial charge < -0.3 is 25.7 Å². The summed E-state index contributed by atoms with van der Waals surface area (Å²) in [4.78, 5) is 32.7. The van der Waals surface area contributed by atoms with Gasteiger partial charge in [-0.3, -0.25) is 9.59 Å². The SMILES string of the molecule is Cc1ccc(C(=O)NCC2CNCCO2)cc1Nc1nc2ccc(F)cc2c2c(=O)[nH]ccc12. The zero-order valence-corrected chi connectivity index (χ0v) is 18.6. The fraction of sp³-hybridized carbons (Fsp3) is 0.240. The Morgan fingerprint density at radius 3 is 2.91 bits per heavy atom. The molecule has 1 amide bonds. The van der Waals surface area contributed by atoms with Crippen LogP contribution in [0.3, 0.4) is 0 Å². The number of fused-ring (bicyclic) bond motifs is 3. The first kappa shape index (κ1) is 22.0. The van der Waals surface area contributed by atoms with Crippen molar-refractivity contribution in [2.45, 2.75) is 13.0 Å². The average Bonchev–Trinajstić information content (AvgIpc) is 2.85. The van der Waals surface area contributed by atoms with Crippen molar-refractivity contribution in [3.05, 3.63) is 76.0 Å². The lowest BCUT2D eigenvalue weighted by molar-refractivity contribution is 0.0287. The van der Waals surface area contributed by atoms with Gasteiger partial charge in [0.15, 0.2) is 0 Å². The van der Waals surface area contributed by atoms with Crippen LogP contribution in [0, 0.1) is 12.7 Å². The molecule has 174 valence electrons. The molecule has 2 aromatic carbocycles. The number of nitrogens with zero attached hydrogens (tertiary/aromatic N) is 1. The van der Waals surface area contributed by atoms with Gasteiger partial charge in [-0.05, 0) is 48.9 Å². The molecule has 0 spiro atoms. The molecule has 1 aliphatic rings. The van der Waals surface area contributed by atoms with E-state index >= 15 is 0 Å². The summed E-state index contributed by atoms with van der Waals surface area (Å²) in [6.45, 7) is 4.47. The predicted molar refractivity (Wildman–Crippen MR) is 129 cm³/mol. The number of nitrogens with one attached hydrogen (secondary N) is 4. The normalized spacial score (nSPS) is 16.0. The van der Waals surface area contributed by atoms with E-state index in [9.17, 15) is 14.0 Å². The largest absolute Gasteiger partial charge is 0.374 e. The number of aromatic amines is 1. The van der Waals surface area contributed by atoms with Crippen LogP contribution < -0.4 is 21.5 Å². The van der Waals surface area contributed by atoms with Crippen LogP contribution in [0.25, 0.3) is 21.7 Å². The number of ether oxygens (including phenoxy) is 1. The molecule has 34 heavy (non-hydrogen) atoms. The number of pyridine rings is 2. The number of aromatic nitrogens is 2. The highest BCUT2D eigenvalue weighted by Gasteiger charge is 2.17. The number of aryl methyl sites for hydroxylation is 1. The van der Waals surface area contributed by atoms with Crippen LogP contribution >= 0.6 is 0 Å². The molecule has 0 radical (unpaired) electrons. The number of benzene rings is 2. The van der Waals surface area contributed by atoms with Crippen molar-refractivity contribution < 1.29 is 13.9 Å². The molecule has 2 aromatic heterocycles. The van der Waals surface area contributed by atoms with Gasteiger partial charge in [0.05, 0.1) is 23.6 Å². The van der Waals surface area contributed by atoms with E-state index < -0.39 is 5.82 Å². The Labute approximate surface area is 194 Å². The number of morpholine rings is 1. The lowest BCUT2D eigenvalue weighted by Gasteiger charge is -2.23. The molecule has 3 heterocycles. The minimum absolute atomic E-state index is 0.0585. The van der Waals surface area contributed by atoms with Gasteiger partial charge in [-0.2, -0.15) is 0 Å². The standard InChI is InChI=1S/C25H24FN5O3/c1-14-2-3-15(24(32)29-13-17-12-27-8-9-34-17)10-21(14)31-23-18-6-7-28-25(33)22(18)19-11-16(26)4-5-20(19)30-23/h2-7,10-11,17,27H,8-9,12-13H2,1H3,(H,28,33)(H,29,32)(H,30,31). The second kappa shape index (κ2) is 9.20. The van der Waals surface area contributed by atoms with Crippen molar-refractivity contribution in [2.24, 2.45) is 0 Å². The summed E-state index contributed by atoms with van der Waals surface area (Å²) < 4.78 is 19.5. The maximum absolute atomic E-state index is 13.9. The van der Waals surface area contributed by atoms with Gasteiger partial charge >= 0.3 is 0 Å². The number of carbonyl (C=O) groups excluding carboxylic acids is 1. The quantitative estimate of drug-likeness (QED) is 0.341. The Hall–Kier alpha value is -3.82. The maximum Gasteiger partial charge on any atom is 0.256 e. The predicted octanol–water partition coefficient (Wildman–Crippen LogP) is 2.99. The van der Waals surface area contributed by atoms with Crippen molar-refractivity contribution in [3.63, 3.8) is 0 Å². The third-order valence-corrected chi connectivity index (χ3v) is 5.92. The first-order chi connectivity index (χ1) is 16.5. The van der Waals surface area contributed by atoms with Crippen LogP contribution in [-0.4, -0.2) is 48.2 Å². The molecule has 0 saturated carbocycles. The first-order valence-electron chi connectivity index (χ1n) is 11.1. The van der Waals surface area contributed by atoms with Gasteiger partial charge in [-0.15, -0.1) is 0 Å². The Balaban J connectivity index is 1.47. The maximum atomic E-state index is 13.9. The second-order valence-corrected chi connectivity index (χ2v) is 8.28. The Bertz CT molecular complexity index is 1450. The minimum Gasteiger partial charge on any atom is -0.374 e. The number of hydrogen-bond donors (Lipinski definition) is 4. The van der Waals surface area contributed by atoms with Crippen LogP contribution in [0.2, 0.25) is 0 Å². The summed E-state index contributed by atoms with van der Waals surface area (Å²) in [5, 5.41) is 10.8. The number of H-pyrrole nitrogens is 1. The van der Waals surface area contributed by atoms with Gasteiger partial charge in [0.25, 0.3) is 11.5 Å². The van der Waals surface area contributed by atoms with E-state index in [1.54, 1.807) is 24.3 Å². The third kappa shape index (κ3) is 4.35. The van der Waals surface area contributed by atoms with Gasteiger partial charge in [-0.25, -0.2) is 9.37 Å². The van der Waals surface area contributed by atoms with Crippen LogP contribution in [0.4, 0.5) is 15.9 Å². The smallest absolute Gasteiger partial charge is 0.256 e. The van der Waals surface area contributed by atoms with E-state index in [-0.39, 0.29) is 17.6 Å². The van der Waals surface area contributed by atoms with Gasteiger partial charge in [0.2, 0.25) is 0 Å². The first-order valence-corrected chi connectivity index (χ1v) is 11.1. The molecule has 5 rings (SSSR count). The van der Waals surface area contributed by atoms with E-state index in [2.05, 4.69) is 25.9 Å². The van der Waals surface area contributed by atoms with Crippen LogP contribution in [0.1, 0.15) is 15.9 Å². The van der Waals surface area contributed by atoms with Crippen molar-refractivity contribution >= 4 is 39.1 Å². The van der Waals surface area contributed by atoms with Crippen molar-refractivity contribution in [3.8, 4) is 0 Å². The summed E-state index contributed by atoms with van der Waals surface area (Å²) in [5.41, 5.74) is 2.22. The van der Waals surface area contributed by atoms with E-state index in [4.69, 9.17) is 4.74 Å². The molecular weight excluding hydrogens is 437 g/mol. The minimum atomic E-state index is -0.441. The molecule has 1 fully saturated rings. The summed E-state index contributed by atoms with van der Waals surface area (Å²) in [5.74, 6) is -0.202. The highest BCUT2D eigenvalue weighted by Crippen LogP contribution is 2.30. The highest BCUT2D eigenvalue weighted by atomic mass is 19.1. The second-order valence-electron chi connectivity index (χ2n) is 8.28. The van der Waals surface area contributed by atoms with E-state index in [0.717, 1.165) is 12.1 Å². The van der Waals surface area contributed by atoms with E-state index in [0.29, 0.717) is 58.4 Å². The molecule has 4 aromatic rings. The van der Waals surface area contributed by atoms with Gasteiger partial charge in [0, 0.05) is 47.9 Å². The molecule has 1 atom stereocenters. The Morgan fingerprint density at radius 2 is 2.09 bits per heavy atom. The lowest BCUT2D eigenvalue weighted by Crippen LogP contribution is -2.45. The van der Waals surface area contributed by atoms with E-state index in [1.165, 1.54) is 18.3 Å². The molecule has 0 bridgehead atoms. The van der Waals surface area contributed by atoms with Crippen LogP contribution in [0.15, 0.2) is 53.5 Å². The van der Waals surface area contributed by atoms with Crippen LogP contribution in [0.5, 0.6) is 0 Å². The van der Waals surface area contributed by atoms with Crippen molar-refractivity contribution in [1.82, 2.24) is 20.6 Å². The lowest BCUT2D eigenvalue weighted by atomic mass is 10.1. The number of hydrogen-bond acceptors (Lipinski definition) is 6. The molecule has 4 N–H and O–H groups in total. The number of carbonyl (C=O) groups is 1. The topological polar surface area (TPSA) is 108 Å². The van der Waals surface area contributed by atoms with Crippen molar-refractivity contribution in [1.29, 1.82) is 0 Å². The molecule has 1 unspecified atom stereocenters. The fourth-order valence-electron chi connectivity index (χ4n) is 4.11. The number of rotatable bonds is 5. The molecule has 0 aliphatic carbocycles. The van der Waals surface area contributed by atoms with Crippen LogP contribution in [-0.2, 0) is 4.74 Å². The average molecular weight is 461 g/mol. The molecular formula is C25H24FN5O3. The molecule has 1 saturated heterocycles.